The normalized spacial score (nSPS) is 15.9. The monoisotopic (exact) mass is 292 g/mol. The predicted octanol–water partition coefficient (Wildman–Crippen LogP) is 6.45. The van der Waals surface area contributed by atoms with Gasteiger partial charge in [0, 0.05) is 4.88 Å². The molecule has 0 saturated carbocycles. The Morgan fingerprint density at radius 3 is 2.35 bits per heavy atom. The highest BCUT2D eigenvalue weighted by Gasteiger charge is 2.20. The van der Waals surface area contributed by atoms with Gasteiger partial charge in [-0.1, -0.05) is 39.3 Å². The molecule has 0 nitrogen and oxygen atoms in total. The van der Waals surface area contributed by atoms with E-state index in [9.17, 15) is 0 Å². The predicted molar refractivity (Wildman–Crippen MR) is 80.5 cm³/mol. The Balaban J connectivity index is 2.57. The molecule has 0 radical (unpaired) electrons. The summed E-state index contributed by atoms with van der Waals surface area (Å²) in [6.07, 6.45) is 2.23. The van der Waals surface area contributed by atoms with Gasteiger partial charge in [-0.05, 0) is 42.7 Å². The summed E-state index contributed by atoms with van der Waals surface area (Å²) >= 11 is 14.2. The lowest BCUT2D eigenvalue weighted by atomic mass is 9.83. The standard InChI is InChI=1S/C14H22Cl2S/c1-9(8-14(3,4)5)6-11(15)12-7-10(2)13(16)17-12/h7,9,11H,6,8H2,1-5H3. The molecule has 1 heterocycles. The average molecular weight is 293 g/mol. The van der Waals surface area contributed by atoms with Crippen LogP contribution in [0.1, 0.15) is 56.4 Å². The van der Waals surface area contributed by atoms with Crippen LogP contribution in [0.5, 0.6) is 0 Å². The van der Waals surface area contributed by atoms with Gasteiger partial charge in [0.15, 0.2) is 0 Å². The Hall–Kier alpha value is 0.280. The van der Waals surface area contributed by atoms with Crippen molar-refractivity contribution in [2.45, 2.75) is 52.8 Å². The molecule has 0 aliphatic carbocycles. The van der Waals surface area contributed by atoms with Crippen LogP contribution in [-0.4, -0.2) is 0 Å². The van der Waals surface area contributed by atoms with E-state index in [0.717, 1.165) is 16.3 Å². The summed E-state index contributed by atoms with van der Waals surface area (Å²) in [5, 5.41) is 0.101. The number of hydrogen-bond donors (Lipinski definition) is 0. The minimum Gasteiger partial charge on any atom is -0.127 e. The highest BCUT2D eigenvalue weighted by Crippen LogP contribution is 2.39. The van der Waals surface area contributed by atoms with Crippen LogP contribution in [0.25, 0.3) is 0 Å². The number of alkyl halides is 1. The highest BCUT2D eigenvalue weighted by atomic mass is 35.5. The second-order valence-corrected chi connectivity index (χ2v) is 8.39. The number of hydrogen-bond acceptors (Lipinski definition) is 1. The molecule has 0 fully saturated rings. The Labute approximate surface area is 119 Å². The first kappa shape index (κ1) is 15.3. The van der Waals surface area contributed by atoms with Gasteiger partial charge in [0.25, 0.3) is 0 Å². The van der Waals surface area contributed by atoms with Crippen molar-refractivity contribution < 1.29 is 0 Å². The zero-order chi connectivity index (χ0) is 13.2. The molecule has 17 heavy (non-hydrogen) atoms. The number of halogens is 2. The van der Waals surface area contributed by atoms with Gasteiger partial charge in [0.2, 0.25) is 0 Å². The van der Waals surface area contributed by atoms with E-state index in [-0.39, 0.29) is 5.38 Å². The van der Waals surface area contributed by atoms with Crippen LogP contribution in [0.2, 0.25) is 4.34 Å². The quantitative estimate of drug-likeness (QED) is 0.559. The van der Waals surface area contributed by atoms with Crippen molar-refractivity contribution in [1.29, 1.82) is 0 Å². The zero-order valence-electron chi connectivity index (χ0n) is 11.3. The summed E-state index contributed by atoms with van der Waals surface area (Å²) in [5.74, 6) is 0.638. The van der Waals surface area contributed by atoms with Crippen molar-refractivity contribution in [1.82, 2.24) is 0 Å². The van der Waals surface area contributed by atoms with E-state index in [2.05, 4.69) is 33.8 Å². The van der Waals surface area contributed by atoms with Crippen LogP contribution in [0, 0.1) is 18.3 Å². The maximum atomic E-state index is 6.47. The van der Waals surface area contributed by atoms with Crippen LogP contribution in [-0.2, 0) is 0 Å². The molecule has 0 spiro atoms. The van der Waals surface area contributed by atoms with Gasteiger partial charge in [-0.2, -0.15) is 0 Å². The summed E-state index contributed by atoms with van der Waals surface area (Å²) in [5.41, 5.74) is 1.51. The third kappa shape index (κ3) is 5.19. The lowest BCUT2D eigenvalue weighted by Crippen LogP contribution is -2.12. The Kier molecular flexibility index (Phi) is 5.37. The molecule has 1 rings (SSSR count). The van der Waals surface area contributed by atoms with Crippen molar-refractivity contribution in [3.8, 4) is 0 Å². The smallest absolute Gasteiger partial charge is 0.0960 e. The van der Waals surface area contributed by atoms with Crippen molar-refractivity contribution >= 4 is 34.5 Å². The van der Waals surface area contributed by atoms with Gasteiger partial charge < -0.3 is 0 Å². The second-order valence-electron chi connectivity index (χ2n) is 6.18. The molecule has 0 saturated heterocycles. The van der Waals surface area contributed by atoms with Crippen molar-refractivity contribution in [3.63, 3.8) is 0 Å². The molecule has 3 heteroatoms. The summed E-state index contributed by atoms with van der Waals surface area (Å²) in [6.45, 7) is 11.1. The molecule has 1 aromatic heterocycles. The van der Waals surface area contributed by atoms with Crippen LogP contribution < -0.4 is 0 Å². The SMILES string of the molecule is Cc1cc(C(Cl)CC(C)CC(C)(C)C)sc1Cl. The third-order valence-corrected chi connectivity index (χ3v) is 4.97. The summed E-state index contributed by atoms with van der Waals surface area (Å²) < 4.78 is 0.870. The lowest BCUT2D eigenvalue weighted by Gasteiger charge is -2.24. The third-order valence-electron chi connectivity index (χ3n) is 2.76. The number of aryl methyl sites for hydroxylation is 1. The molecule has 2 atom stereocenters. The van der Waals surface area contributed by atoms with Gasteiger partial charge >= 0.3 is 0 Å². The fraction of sp³-hybridized carbons (Fsp3) is 0.714. The molecule has 98 valence electrons. The van der Waals surface area contributed by atoms with Crippen molar-refractivity contribution in [2.75, 3.05) is 0 Å². The van der Waals surface area contributed by atoms with Gasteiger partial charge in [-0.15, -0.1) is 22.9 Å². The molecule has 0 N–H and O–H groups in total. The van der Waals surface area contributed by atoms with Crippen LogP contribution >= 0.6 is 34.5 Å². The molecule has 0 bridgehead atoms. The first-order chi connectivity index (χ1) is 7.69. The van der Waals surface area contributed by atoms with E-state index in [1.165, 1.54) is 11.3 Å². The molecule has 0 amide bonds. The Morgan fingerprint density at radius 2 is 1.94 bits per heavy atom. The average Bonchev–Trinajstić information content (AvgIpc) is 2.43. The minimum atomic E-state index is 0.101. The maximum absolute atomic E-state index is 6.47. The zero-order valence-corrected chi connectivity index (χ0v) is 13.6. The van der Waals surface area contributed by atoms with Crippen molar-refractivity contribution in [2.24, 2.45) is 11.3 Å². The van der Waals surface area contributed by atoms with E-state index in [4.69, 9.17) is 23.2 Å². The summed E-state index contributed by atoms with van der Waals surface area (Å²) in [7, 11) is 0. The fourth-order valence-electron chi connectivity index (χ4n) is 2.24. The molecule has 0 aromatic carbocycles. The first-order valence-corrected chi connectivity index (χ1v) is 7.72. The summed E-state index contributed by atoms with van der Waals surface area (Å²) in [4.78, 5) is 1.20. The lowest BCUT2D eigenvalue weighted by molar-refractivity contribution is 0.295. The van der Waals surface area contributed by atoms with E-state index >= 15 is 0 Å². The molecule has 2 unspecified atom stereocenters. The Bertz CT molecular complexity index is 343. The summed E-state index contributed by atoms with van der Waals surface area (Å²) in [6, 6.07) is 2.12. The van der Waals surface area contributed by atoms with E-state index < -0.39 is 0 Å². The second kappa shape index (κ2) is 5.95. The van der Waals surface area contributed by atoms with Crippen LogP contribution in [0.4, 0.5) is 0 Å². The van der Waals surface area contributed by atoms with Gasteiger partial charge in [0.05, 0.1) is 9.71 Å². The van der Waals surface area contributed by atoms with E-state index in [0.29, 0.717) is 11.3 Å². The minimum absolute atomic E-state index is 0.101. The molecule has 1 aromatic rings. The topological polar surface area (TPSA) is 0 Å². The van der Waals surface area contributed by atoms with Crippen LogP contribution in [0.3, 0.4) is 0 Å². The molecule has 0 aliphatic rings. The van der Waals surface area contributed by atoms with E-state index in [1.54, 1.807) is 11.3 Å². The molecular formula is C14H22Cl2S. The van der Waals surface area contributed by atoms with Crippen LogP contribution in [0.15, 0.2) is 6.07 Å². The highest BCUT2D eigenvalue weighted by molar-refractivity contribution is 7.16. The Morgan fingerprint density at radius 1 is 1.35 bits per heavy atom. The van der Waals surface area contributed by atoms with Gasteiger partial charge in [0.1, 0.15) is 0 Å². The fourth-order valence-corrected chi connectivity index (χ4v) is 3.95. The van der Waals surface area contributed by atoms with Crippen molar-refractivity contribution in [3.05, 3.63) is 20.8 Å². The largest absolute Gasteiger partial charge is 0.127 e. The van der Waals surface area contributed by atoms with Gasteiger partial charge in [-0.25, -0.2) is 0 Å². The molecule has 0 aliphatic heterocycles. The van der Waals surface area contributed by atoms with Gasteiger partial charge in [-0.3, -0.25) is 0 Å². The number of thiophene rings is 1. The maximum Gasteiger partial charge on any atom is 0.0960 e. The van der Waals surface area contributed by atoms with E-state index in [1.807, 2.05) is 6.92 Å². The number of rotatable bonds is 4. The molecular weight excluding hydrogens is 271 g/mol. The first-order valence-electron chi connectivity index (χ1n) is 6.09.